The Hall–Kier alpha value is -8.38. The summed E-state index contributed by atoms with van der Waals surface area (Å²) >= 11 is 0. The maximum absolute atomic E-state index is 16.8. The molecule has 0 aliphatic carbocycles. The van der Waals surface area contributed by atoms with Gasteiger partial charge in [0, 0.05) is 18.7 Å². The summed E-state index contributed by atoms with van der Waals surface area (Å²) in [4.78, 5) is 68.7. The number of carbonyl (C=O) groups is 4. The fourth-order valence-corrected chi connectivity index (χ4v) is 11.3. The molecule has 76 heavy (non-hydrogen) atoms. The zero-order valence-corrected chi connectivity index (χ0v) is 42.2. The van der Waals surface area contributed by atoms with Gasteiger partial charge in [-0.1, -0.05) is 176 Å². The van der Waals surface area contributed by atoms with Gasteiger partial charge in [-0.3, -0.25) is 24.2 Å². The van der Waals surface area contributed by atoms with E-state index in [9.17, 15) is 10.2 Å². The summed E-state index contributed by atoms with van der Waals surface area (Å²) < 4.78 is 12.5. The lowest BCUT2D eigenvalue weighted by molar-refractivity contribution is -0.178. The van der Waals surface area contributed by atoms with Crippen molar-refractivity contribution in [2.75, 3.05) is 38.3 Å². The first-order valence-corrected chi connectivity index (χ1v) is 25.6. The number of rotatable bonds is 15. The number of carbonyl (C=O) groups excluding carboxylic acids is 4. The number of morpholine rings is 1. The molecule has 8 atom stereocenters. The number of esters is 1. The van der Waals surface area contributed by atoms with Crippen molar-refractivity contribution in [3.05, 3.63) is 239 Å². The molecule has 4 amide bonds. The predicted molar refractivity (Wildman–Crippen MR) is 288 cm³/mol. The van der Waals surface area contributed by atoms with E-state index in [2.05, 4.69) is 39.5 Å². The smallest absolute Gasteiger partial charge is 0.329 e. The molecule has 10 rings (SSSR count). The zero-order valence-electron chi connectivity index (χ0n) is 42.2. The molecule has 0 saturated carbocycles. The Bertz CT molecular complexity index is 3230. The lowest BCUT2D eigenvalue weighted by Crippen LogP contribution is -2.56. The van der Waals surface area contributed by atoms with Crippen LogP contribution < -0.4 is 20.3 Å². The Kier molecular flexibility index (Phi) is 15.2. The van der Waals surface area contributed by atoms with Crippen molar-refractivity contribution in [2.24, 2.45) is 5.92 Å². The molecule has 384 valence electrons. The molecule has 3 aliphatic rings. The second-order valence-electron chi connectivity index (χ2n) is 19.5. The van der Waals surface area contributed by atoms with Crippen LogP contribution in [0.15, 0.2) is 194 Å². The van der Waals surface area contributed by atoms with Crippen LogP contribution in [0.3, 0.4) is 0 Å². The third-order valence-electron chi connectivity index (χ3n) is 14.7. The summed E-state index contributed by atoms with van der Waals surface area (Å²) in [6.07, 6.45) is -2.10. The van der Waals surface area contributed by atoms with Gasteiger partial charge in [0.15, 0.2) is 0 Å². The molecule has 13 heteroatoms. The molecular weight excluding hydrogens is 955 g/mol. The summed E-state index contributed by atoms with van der Waals surface area (Å²) in [6.45, 7) is 2.42. The Balaban J connectivity index is 1.20. The molecule has 2 saturated heterocycles. The first kappa shape index (κ1) is 51.1. The van der Waals surface area contributed by atoms with Crippen molar-refractivity contribution in [1.82, 2.24) is 20.4 Å². The number of nitrogens with one attached hydrogen (secondary N) is 2. The van der Waals surface area contributed by atoms with E-state index in [1.165, 1.54) is 0 Å². The molecular formula is C63H59N5O8. The Labute approximate surface area is 442 Å². The van der Waals surface area contributed by atoms with Gasteiger partial charge < -0.3 is 30.3 Å². The molecule has 1 spiro atoms. The van der Waals surface area contributed by atoms with Crippen molar-refractivity contribution in [3.63, 3.8) is 0 Å². The minimum absolute atomic E-state index is 0.0296. The standard InChI is InChI=1S/C63H59N5O8/c1-42(45-22-10-4-11-23-45)65-62(74)67-52-35-30-43(21-18-36-66(2)41-44-19-8-3-9-20-44)39-51(52)63(61(67)73)54(59(71)64-40-53(70)46-24-12-5-13-25-46)56-60(72)76-57(48-28-16-7-17-29-48)55(47-26-14-6-15-27-47)68(56)58(63)49-31-33-50(34-32-49)75-38-37-69/h3-17,19-20,22-35,39,42,53-58,69-70H,36-38,40-41H2,1-2H3,(H,64,71)(H,65,74). The quantitative estimate of drug-likeness (QED) is 0.0579. The first-order valence-electron chi connectivity index (χ1n) is 25.6. The van der Waals surface area contributed by atoms with E-state index < -0.39 is 71.5 Å². The van der Waals surface area contributed by atoms with E-state index in [0.29, 0.717) is 46.7 Å². The predicted octanol–water partition coefficient (Wildman–Crippen LogP) is 8.53. The summed E-state index contributed by atoms with van der Waals surface area (Å²) in [5, 5.41) is 27.3. The fourth-order valence-electron chi connectivity index (χ4n) is 11.3. The highest BCUT2D eigenvalue weighted by Crippen LogP contribution is 2.66. The summed E-state index contributed by atoms with van der Waals surface area (Å²) in [6, 6.07) is 54.9. The highest BCUT2D eigenvalue weighted by molar-refractivity contribution is 6.24. The number of aliphatic hydroxyl groups excluding tert-OH is 2. The minimum Gasteiger partial charge on any atom is -0.491 e. The third kappa shape index (κ3) is 9.99. The van der Waals surface area contributed by atoms with Gasteiger partial charge in [0.25, 0.3) is 0 Å². The van der Waals surface area contributed by atoms with Crippen LogP contribution >= 0.6 is 0 Å². The van der Waals surface area contributed by atoms with E-state index in [4.69, 9.17) is 9.47 Å². The average molecular weight is 1010 g/mol. The van der Waals surface area contributed by atoms with Gasteiger partial charge in [-0.05, 0) is 83.2 Å². The number of anilines is 1. The number of benzene rings is 7. The highest BCUT2D eigenvalue weighted by atomic mass is 16.6. The van der Waals surface area contributed by atoms with Gasteiger partial charge in [-0.25, -0.2) is 9.69 Å². The fraction of sp³-hybridized carbons (Fsp3) is 0.238. The lowest BCUT2D eigenvalue weighted by Gasteiger charge is -2.46. The SMILES string of the molecule is CC(NC(=O)N1C(=O)C2(c3cc(C#CCN(C)Cc4ccccc4)ccc31)C(C(=O)NCC(O)c1ccccc1)C1C(=O)OC(c3ccccc3)C(c3ccccc3)N1C2c1ccc(OCCO)cc1)c1ccccc1. The molecule has 4 N–H and O–H groups in total. The normalized spacial score (nSPS) is 21.4. The van der Waals surface area contributed by atoms with Crippen LogP contribution in [0, 0.1) is 17.8 Å². The van der Waals surface area contributed by atoms with Crippen molar-refractivity contribution in [3.8, 4) is 17.6 Å². The first-order chi connectivity index (χ1) is 37.1. The van der Waals surface area contributed by atoms with E-state index in [1.54, 1.807) is 66.7 Å². The largest absolute Gasteiger partial charge is 0.491 e. The number of amides is 4. The number of imide groups is 1. The molecule has 3 heterocycles. The van der Waals surface area contributed by atoms with Crippen LogP contribution in [0.4, 0.5) is 10.5 Å². The number of cyclic esters (lactones) is 1. The van der Waals surface area contributed by atoms with E-state index in [-0.39, 0.29) is 25.4 Å². The van der Waals surface area contributed by atoms with Gasteiger partial charge in [0.2, 0.25) is 11.8 Å². The van der Waals surface area contributed by atoms with Crippen molar-refractivity contribution >= 4 is 29.5 Å². The maximum atomic E-state index is 16.8. The molecule has 0 aromatic heterocycles. The van der Waals surface area contributed by atoms with E-state index >= 15 is 19.2 Å². The molecule has 7 aromatic carbocycles. The molecule has 13 nitrogen and oxygen atoms in total. The number of aliphatic hydroxyl groups is 2. The number of hydrogen-bond acceptors (Lipinski definition) is 10. The van der Waals surface area contributed by atoms with Crippen LogP contribution in [0.2, 0.25) is 0 Å². The summed E-state index contributed by atoms with van der Waals surface area (Å²) in [7, 11) is 1.98. The van der Waals surface area contributed by atoms with Gasteiger partial charge in [0.1, 0.15) is 29.9 Å². The Morgan fingerprint density at radius 3 is 2.00 bits per heavy atom. The zero-order chi connectivity index (χ0) is 52.8. The molecule has 8 unspecified atom stereocenters. The second-order valence-corrected chi connectivity index (χ2v) is 19.5. The summed E-state index contributed by atoms with van der Waals surface area (Å²) in [5.74, 6) is 3.29. The molecule has 2 fully saturated rings. The van der Waals surface area contributed by atoms with Crippen LogP contribution in [0.25, 0.3) is 0 Å². The number of fused-ring (bicyclic) bond motifs is 3. The summed E-state index contributed by atoms with van der Waals surface area (Å²) in [5.41, 5.74) is 3.41. The van der Waals surface area contributed by atoms with Crippen molar-refractivity contribution < 1.29 is 38.9 Å². The Morgan fingerprint density at radius 2 is 1.36 bits per heavy atom. The number of urea groups is 1. The third-order valence-corrected chi connectivity index (χ3v) is 14.7. The van der Waals surface area contributed by atoms with E-state index in [1.807, 2.05) is 134 Å². The van der Waals surface area contributed by atoms with E-state index in [0.717, 1.165) is 21.6 Å². The molecule has 7 aromatic rings. The van der Waals surface area contributed by atoms with Crippen LogP contribution in [-0.2, 0) is 31.1 Å². The van der Waals surface area contributed by atoms with Crippen LogP contribution in [0.5, 0.6) is 5.75 Å². The monoisotopic (exact) mass is 1010 g/mol. The van der Waals surface area contributed by atoms with Crippen molar-refractivity contribution in [1.29, 1.82) is 0 Å². The van der Waals surface area contributed by atoms with Gasteiger partial charge in [-0.2, -0.15) is 0 Å². The van der Waals surface area contributed by atoms with Gasteiger partial charge in [0.05, 0.1) is 49.0 Å². The average Bonchev–Trinajstić information content (AvgIpc) is 3.95. The number of nitrogens with zero attached hydrogens (tertiary/aromatic N) is 3. The number of hydrogen-bond donors (Lipinski definition) is 4. The minimum atomic E-state index is -2.07. The van der Waals surface area contributed by atoms with Crippen LogP contribution in [0.1, 0.15) is 81.8 Å². The van der Waals surface area contributed by atoms with Crippen LogP contribution in [-0.4, -0.2) is 83.2 Å². The van der Waals surface area contributed by atoms with Gasteiger partial charge in [-0.15, -0.1) is 0 Å². The Morgan fingerprint density at radius 1 is 0.750 bits per heavy atom. The molecule has 0 bridgehead atoms. The van der Waals surface area contributed by atoms with Crippen molar-refractivity contribution in [2.45, 2.75) is 55.3 Å². The molecule has 0 radical (unpaired) electrons. The second kappa shape index (κ2) is 22.6. The van der Waals surface area contributed by atoms with Gasteiger partial charge >= 0.3 is 12.0 Å². The highest BCUT2D eigenvalue weighted by Gasteiger charge is 2.75. The maximum Gasteiger partial charge on any atom is 0.329 e. The molecule has 3 aliphatic heterocycles. The number of ether oxygens (including phenoxy) is 2. The topological polar surface area (TPSA) is 161 Å². The lowest BCUT2D eigenvalue weighted by atomic mass is 9.65.